The fourth-order valence-corrected chi connectivity index (χ4v) is 3.35. The Morgan fingerprint density at radius 1 is 1.18 bits per heavy atom. The highest BCUT2D eigenvalue weighted by Gasteiger charge is 2.34. The van der Waals surface area contributed by atoms with Gasteiger partial charge in [-0.15, -0.1) is 0 Å². The highest BCUT2D eigenvalue weighted by Crippen LogP contribution is 2.33. The van der Waals surface area contributed by atoms with Gasteiger partial charge in [0.25, 0.3) is 11.6 Å². The summed E-state index contributed by atoms with van der Waals surface area (Å²) < 4.78 is 5.46. The van der Waals surface area contributed by atoms with E-state index in [-0.39, 0.29) is 17.6 Å². The van der Waals surface area contributed by atoms with Gasteiger partial charge in [0.1, 0.15) is 6.04 Å². The molecule has 142 valence electrons. The monoisotopic (exact) mass is 378 g/mol. The summed E-state index contributed by atoms with van der Waals surface area (Å²) in [7, 11) is 0. The van der Waals surface area contributed by atoms with E-state index in [0.29, 0.717) is 23.8 Å². The van der Waals surface area contributed by atoms with Gasteiger partial charge >= 0.3 is 0 Å². The lowest BCUT2D eigenvalue weighted by molar-refractivity contribution is -0.384. The number of carbonyl (C=O) groups excluding carboxylic acids is 1. The zero-order valence-corrected chi connectivity index (χ0v) is 15.2. The minimum Gasteiger partial charge on any atom is -0.337 e. The van der Waals surface area contributed by atoms with Gasteiger partial charge in [0.2, 0.25) is 11.7 Å². The van der Waals surface area contributed by atoms with Gasteiger partial charge in [-0.3, -0.25) is 14.9 Å². The molecule has 0 radical (unpaired) electrons. The van der Waals surface area contributed by atoms with Crippen molar-refractivity contribution >= 4 is 11.6 Å². The van der Waals surface area contributed by atoms with Crippen LogP contribution in [0.25, 0.3) is 11.4 Å². The zero-order chi connectivity index (χ0) is 19.7. The molecule has 1 aliphatic heterocycles. The molecule has 1 atom stereocenters. The van der Waals surface area contributed by atoms with Gasteiger partial charge in [0, 0.05) is 29.8 Å². The SMILES string of the molecule is Cc1ccc(-c2noc([C@@H]3CCCN3C(=O)c3ccc([N+](=O)[O-])cc3)n2)cc1. The fraction of sp³-hybridized carbons (Fsp3) is 0.250. The van der Waals surface area contributed by atoms with Crippen LogP contribution in [0, 0.1) is 17.0 Å². The van der Waals surface area contributed by atoms with Crippen molar-refractivity contribution < 1.29 is 14.2 Å². The van der Waals surface area contributed by atoms with E-state index in [9.17, 15) is 14.9 Å². The molecule has 4 rings (SSSR count). The topological polar surface area (TPSA) is 102 Å². The highest BCUT2D eigenvalue weighted by molar-refractivity contribution is 5.94. The molecule has 0 saturated carbocycles. The first-order chi connectivity index (χ1) is 13.5. The molecule has 2 aromatic carbocycles. The lowest BCUT2D eigenvalue weighted by Crippen LogP contribution is -2.30. The zero-order valence-electron chi connectivity index (χ0n) is 15.2. The van der Waals surface area contributed by atoms with Gasteiger partial charge in [0.05, 0.1) is 4.92 Å². The molecule has 0 spiro atoms. The van der Waals surface area contributed by atoms with Crippen molar-refractivity contribution in [2.75, 3.05) is 6.54 Å². The number of hydrogen-bond donors (Lipinski definition) is 0. The minimum absolute atomic E-state index is 0.0471. The van der Waals surface area contributed by atoms with Crippen molar-refractivity contribution in [1.29, 1.82) is 0 Å². The third-order valence-electron chi connectivity index (χ3n) is 4.88. The Morgan fingerprint density at radius 2 is 1.89 bits per heavy atom. The van der Waals surface area contributed by atoms with Crippen LogP contribution in [0.2, 0.25) is 0 Å². The van der Waals surface area contributed by atoms with E-state index >= 15 is 0 Å². The van der Waals surface area contributed by atoms with Crippen molar-refractivity contribution in [1.82, 2.24) is 15.0 Å². The summed E-state index contributed by atoms with van der Waals surface area (Å²) in [6, 6.07) is 13.1. The average Bonchev–Trinajstić information content (AvgIpc) is 3.37. The van der Waals surface area contributed by atoms with E-state index < -0.39 is 4.92 Å². The highest BCUT2D eigenvalue weighted by atomic mass is 16.6. The van der Waals surface area contributed by atoms with Gasteiger partial charge in [-0.1, -0.05) is 35.0 Å². The van der Waals surface area contributed by atoms with Crippen LogP contribution >= 0.6 is 0 Å². The molecule has 1 amide bonds. The van der Waals surface area contributed by atoms with Crippen LogP contribution in [0.15, 0.2) is 53.1 Å². The van der Waals surface area contributed by atoms with E-state index in [1.54, 1.807) is 4.90 Å². The van der Waals surface area contributed by atoms with Gasteiger partial charge < -0.3 is 9.42 Å². The van der Waals surface area contributed by atoms with Gasteiger partial charge in [-0.05, 0) is 31.9 Å². The van der Waals surface area contributed by atoms with E-state index in [2.05, 4.69) is 10.1 Å². The van der Waals surface area contributed by atoms with Crippen LogP contribution in [-0.2, 0) is 0 Å². The van der Waals surface area contributed by atoms with E-state index in [0.717, 1.165) is 24.0 Å². The molecule has 1 aromatic heterocycles. The summed E-state index contributed by atoms with van der Waals surface area (Å²) in [5, 5.41) is 14.9. The number of nitro benzene ring substituents is 1. The normalized spacial score (nSPS) is 16.3. The van der Waals surface area contributed by atoms with Crippen molar-refractivity contribution in [2.45, 2.75) is 25.8 Å². The molecular weight excluding hydrogens is 360 g/mol. The second kappa shape index (κ2) is 7.22. The predicted octanol–water partition coefficient (Wildman–Crippen LogP) is 3.93. The molecule has 28 heavy (non-hydrogen) atoms. The maximum atomic E-state index is 12.9. The first kappa shape index (κ1) is 17.8. The number of aromatic nitrogens is 2. The van der Waals surface area contributed by atoms with Gasteiger partial charge in [0.15, 0.2) is 0 Å². The quantitative estimate of drug-likeness (QED) is 0.503. The van der Waals surface area contributed by atoms with Gasteiger partial charge in [-0.25, -0.2) is 0 Å². The molecular formula is C20H18N4O4. The number of nitrogens with zero attached hydrogens (tertiary/aromatic N) is 4. The van der Waals surface area contributed by atoms with Crippen molar-refractivity contribution in [3.8, 4) is 11.4 Å². The number of aryl methyl sites for hydroxylation is 1. The Hall–Kier alpha value is -3.55. The lowest BCUT2D eigenvalue weighted by Gasteiger charge is -2.21. The Morgan fingerprint density at radius 3 is 2.57 bits per heavy atom. The molecule has 0 bridgehead atoms. The maximum absolute atomic E-state index is 12.9. The van der Waals surface area contributed by atoms with Crippen LogP contribution in [0.5, 0.6) is 0 Å². The number of carbonyl (C=O) groups is 1. The van der Waals surface area contributed by atoms with Crippen molar-refractivity contribution in [3.05, 3.63) is 75.7 Å². The molecule has 8 heteroatoms. The minimum atomic E-state index is -0.488. The van der Waals surface area contributed by atoms with Crippen molar-refractivity contribution in [3.63, 3.8) is 0 Å². The van der Waals surface area contributed by atoms with Crippen molar-refractivity contribution in [2.24, 2.45) is 0 Å². The van der Waals surface area contributed by atoms with Gasteiger partial charge in [-0.2, -0.15) is 4.98 Å². The molecule has 0 unspecified atom stereocenters. The molecule has 2 heterocycles. The molecule has 8 nitrogen and oxygen atoms in total. The van der Waals surface area contributed by atoms with Crippen LogP contribution in [0.3, 0.4) is 0 Å². The molecule has 1 saturated heterocycles. The van der Waals surface area contributed by atoms with E-state index in [1.165, 1.54) is 24.3 Å². The smallest absolute Gasteiger partial charge is 0.269 e. The summed E-state index contributed by atoms with van der Waals surface area (Å²) in [4.78, 5) is 29.4. The number of non-ortho nitro benzene ring substituents is 1. The summed E-state index contributed by atoms with van der Waals surface area (Å²) in [6.45, 7) is 2.58. The summed E-state index contributed by atoms with van der Waals surface area (Å²) in [5.74, 6) is 0.695. The maximum Gasteiger partial charge on any atom is 0.269 e. The Balaban J connectivity index is 1.56. The third kappa shape index (κ3) is 3.36. The van der Waals surface area contributed by atoms with Crippen LogP contribution in [0.4, 0.5) is 5.69 Å². The largest absolute Gasteiger partial charge is 0.337 e. The average molecular weight is 378 g/mol. The second-order valence-electron chi connectivity index (χ2n) is 6.78. The Bertz CT molecular complexity index is 1010. The van der Waals surface area contributed by atoms with E-state index in [4.69, 9.17) is 4.52 Å². The summed E-state index contributed by atoms with van der Waals surface area (Å²) in [6.07, 6.45) is 1.56. The molecule has 1 fully saturated rings. The summed E-state index contributed by atoms with van der Waals surface area (Å²) >= 11 is 0. The predicted molar refractivity (Wildman–Crippen MR) is 101 cm³/mol. The number of likely N-dealkylation sites (tertiary alicyclic amines) is 1. The number of benzene rings is 2. The van der Waals surface area contributed by atoms with E-state index in [1.807, 2.05) is 31.2 Å². The Labute approximate surface area is 160 Å². The Kier molecular flexibility index (Phi) is 4.60. The molecule has 3 aromatic rings. The van der Waals surface area contributed by atoms with Crippen LogP contribution in [-0.4, -0.2) is 32.4 Å². The fourth-order valence-electron chi connectivity index (χ4n) is 3.35. The number of nitro groups is 1. The number of amides is 1. The molecule has 0 aliphatic carbocycles. The number of hydrogen-bond acceptors (Lipinski definition) is 6. The number of rotatable bonds is 4. The lowest BCUT2D eigenvalue weighted by atomic mass is 10.1. The molecule has 1 aliphatic rings. The first-order valence-corrected chi connectivity index (χ1v) is 8.99. The summed E-state index contributed by atoms with van der Waals surface area (Å²) in [5.41, 5.74) is 2.35. The van der Waals surface area contributed by atoms with Crippen LogP contribution < -0.4 is 0 Å². The van der Waals surface area contributed by atoms with Crippen LogP contribution in [0.1, 0.15) is 40.7 Å². The second-order valence-corrected chi connectivity index (χ2v) is 6.78. The first-order valence-electron chi connectivity index (χ1n) is 8.99. The third-order valence-corrected chi connectivity index (χ3v) is 4.88. The standard InChI is InChI=1S/C20H18N4O4/c1-13-4-6-14(7-5-13)18-21-19(28-22-18)17-3-2-12-23(17)20(25)15-8-10-16(11-9-15)24(26)27/h4-11,17H,2-3,12H2,1H3/t17-/m0/s1. The molecule has 0 N–H and O–H groups in total.